The number of methoxy groups -OCH3 is 2. The SMILES string of the molecule is COc1ccc(C(CN)N2CCC(C)C(OC)C2)cn1. The summed E-state index contributed by atoms with van der Waals surface area (Å²) in [6, 6.07) is 4.13. The highest BCUT2D eigenvalue weighted by atomic mass is 16.5. The Morgan fingerprint density at radius 3 is 2.80 bits per heavy atom. The van der Waals surface area contributed by atoms with Crippen molar-refractivity contribution in [2.45, 2.75) is 25.5 Å². The lowest BCUT2D eigenvalue weighted by Gasteiger charge is -2.40. The fraction of sp³-hybridized carbons (Fsp3) is 0.667. The molecule has 112 valence electrons. The standard InChI is InChI=1S/C15H25N3O2/c1-11-6-7-18(10-14(11)19-2)13(8-16)12-4-5-15(20-3)17-9-12/h4-5,9,11,13-14H,6-8,10,16H2,1-3H3. The lowest BCUT2D eigenvalue weighted by molar-refractivity contribution is -0.0183. The first-order valence-electron chi connectivity index (χ1n) is 7.16. The van der Waals surface area contributed by atoms with Crippen molar-refractivity contribution in [1.29, 1.82) is 0 Å². The molecule has 2 N–H and O–H groups in total. The van der Waals surface area contributed by atoms with Crippen LogP contribution in [0.5, 0.6) is 5.88 Å². The van der Waals surface area contributed by atoms with E-state index in [0.717, 1.165) is 25.1 Å². The predicted octanol–water partition coefficient (Wildman–Crippen LogP) is 1.45. The molecular formula is C15H25N3O2. The van der Waals surface area contributed by atoms with Crippen molar-refractivity contribution in [2.75, 3.05) is 33.9 Å². The first-order chi connectivity index (χ1) is 9.69. The third-order valence-electron chi connectivity index (χ3n) is 4.24. The van der Waals surface area contributed by atoms with Crippen molar-refractivity contribution in [3.05, 3.63) is 23.9 Å². The van der Waals surface area contributed by atoms with Crippen LogP contribution in [0.25, 0.3) is 0 Å². The van der Waals surface area contributed by atoms with E-state index in [2.05, 4.69) is 16.8 Å². The molecule has 1 fully saturated rings. The zero-order valence-electron chi connectivity index (χ0n) is 12.6. The second-order valence-corrected chi connectivity index (χ2v) is 5.42. The monoisotopic (exact) mass is 279 g/mol. The molecule has 3 atom stereocenters. The second-order valence-electron chi connectivity index (χ2n) is 5.42. The van der Waals surface area contributed by atoms with Crippen LogP contribution in [0.2, 0.25) is 0 Å². The van der Waals surface area contributed by atoms with Gasteiger partial charge in [0.2, 0.25) is 5.88 Å². The number of aromatic nitrogens is 1. The molecule has 1 aliphatic heterocycles. The van der Waals surface area contributed by atoms with Crippen molar-refractivity contribution in [3.8, 4) is 5.88 Å². The van der Waals surface area contributed by atoms with E-state index in [9.17, 15) is 0 Å². The van der Waals surface area contributed by atoms with Crippen molar-refractivity contribution < 1.29 is 9.47 Å². The molecule has 2 heterocycles. The molecule has 1 aromatic rings. The van der Waals surface area contributed by atoms with Gasteiger partial charge in [-0.15, -0.1) is 0 Å². The third kappa shape index (κ3) is 3.29. The maximum absolute atomic E-state index is 5.99. The van der Waals surface area contributed by atoms with Gasteiger partial charge in [-0.2, -0.15) is 0 Å². The number of nitrogens with two attached hydrogens (primary N) is 1. The summed E-state index contributed by atoms with van der Waals surface area (Å²) in [6.07, 6.45) is 3.28. The number of hydrogen-bond acceptors (Lipinski definition) is 5. The zero-order valence-corrected chi connectivity index (χ0v) is 12.6. The Hall–Kier alpha value is -1.17. The van der Waals surface area contributed by atoms with E-state index in [-0.39, 0.29) is 12.1 Å². The maximum Gasteiger partial charge on any atom is 0.212 e. The summed E-state index contributed by atoms with van der Waals surface area (Å²) in [6.45, 7) is 4.80. The normalized spacial score (nSPS) is 25.4. The molecule has 1 aromatic heterocycles. The van der Waals surface area contributed by atoms with Crippen molar-refractivity contribution in [3.63, 3.8) is 0 Å². The lowest BCUT2D eigenvalue weighted by atomic mass is 9.93. The summed E-state index contributed by atoms with van der Waals surface area (Å²) in [5.41, 5.74) is 7.12. The van der Waals surface area contributed by atoms with Gasteiger partial charge in [0.1, 0.15) is 0 Å². The number of nitrogens with zero attached hydrogens (tertiary/aromatic N) is 2. The maximum atomic E-state index is 5.99. The van der Waals surface area contributed by atoms with Crippen LogP contribution in [0.3, 0.4) is 0 Å². The zero-order chi connectivity index (χ0) is 14.5. The number of hydrogen-bond donors (Lipinski definition) is 1. The Labute approximate surface area is 121 Å². The van der Waals surface area contributed by atoms with Gasteiger partial charge in [-0.05, 0) is 24.4 Å². The van der Waals surface area contributed by atoms with E-state index >= 15 is 0 Å². The van der Waals surface area contributed by atoms with Crippen LogP contribution in [-0.4, -0.2) is 49.8 Å². The Balaban J connectivity index is 2.10. The summed E-state index contributed by atoms with van der Waals surface area (Å²) in [5.74, 6) is 1.23. The Kier molecular flexibility index (Phi) is 5.34. The van der Waals surface area contributed by atoms with Crippen LogP contribution in [0, 0.1) is 5.92 Å². The molecule has 0 radical (unpaired) electrons. The van der Waals surface area contributed by atoms with Crippen molar-refractivity contribution in [1.82, 2.24) is 9.88 Å². The molecule has 3 unspecified atom stereocenters. The summed E-state index contributed by atoms with van der Waals surface area (Å²) >= 11 is 0. The lowest BCUT2D eigenvalue weighted by Crippen LogP contribution is -2.47. The average molecular weight is 279 g/mol. The largest absolute Gasteiger partial charge is 0.481 e. The van der Waals surface area contributed by atoms with Crippen LogP contribution in [0.15, 0.2) is 18.3 Å². The molecule has 5 heteroatoms. The Morgan fingerprint density at radius 1 is 1.45 bits per heavy atom. The number of ether oxygens (including phenoxy) is 2. The fourth-order valence-corrected chi connectivity index (χ4v) is 2.85. The number of piperidine rings is 1. The van der Waals surface area contributed by atoms with E-state index in [0.29, 0.717) is 18.3 Å². The van der Waals surface area contributed by atoms with Crippen molar-refractivity contribution >= 4 is 0 Å². The Bertz CT molecular complexity index is 410. The fourth-order valence-electron chi connectivity index (χ4n) is 2.85. The van der Waals surface area contributed by atoms with Gasteiger partial charge in [-0.25, -0.2) is 4.98 Å². The van der Waals surface area contributed by atoms with Gasteiger partial charge in [0.05, 0.1) is 13.2 Å². The van der Waals surface area contributed by atoms with Crippen LogP contribution in [-0.2, 0) is 4.74 Å². The molecule has 1 aliphatic rings. The summed E-state index contributed by atoms with van der Waals surface area (Å²) < 4.78 is 10.7. The predicted molar refractivity (Wildman–Crippen MR) is 78.7 cm³/mol. The molecule has 0 amide bonds. The van der Waals surface area contributed by atoms with E-state index in [4.69, 9.17) is 15.2 Å². The van der Waals surface area contributed by atoms with Crippen LogP contribution in [0.4, 0.5) is 0 Å². The first-order valence-corrected chi connectivity index (χ1v) is 7.16. The van der Waals surface area contributed by atoms with Gasteiger partial charge in [0.25, 0.3) is 0 Å². The molecule has 0 bridgehead atoms. The molecule has 0 aliphatic carbocycles. The first kappa shape index (κ1) is 15.2. The molecule has 5 nitrogen and oxygen atoms in total. The van der Waals surface area contributed by atoms with Crippen LogP contribution in [0.1, 0.15) is 24.9 Å². The van der Waals surface area contributed by atoms with Gasteiger partial charge < -0.3 is 15.2 Å². The number of rotatable bonds is 5. The van der Waals surface area contributed by atoms with Crippen molar-refractivity contribution in [2.24, 2.45) is 11.7 Å². The molecule has 2 rings (SSSR count). The molecule has 20 heavy (non-hydrogen) atoms. The van der Waals surface area contributed by atoms with E-state index in [1.54, 1.807) is 14.2 Å². The molecule has 0 spiro atoms. The molecule has 0 saturated carbocycles. The topological polar surface area (TPSA) is 60.6 Å². The van der Waals surface area contributed by atoms with Crippen LogP contribution < -0.4 is 10.5 Å². The van der Waals surface area contributed by atoms with Gasteiger partial charge >= 0.3 is 0 Å². The average Bonchev–Trinajstić information content (AvgIpc) is 2.50. The Morgan fingerprint density at radius 2 is 2.25 bits per heavy atom. The van der Waals surface area contributed by atoms with Crippen LogP contribution >= 0.6 is 0 Å². The number of likely N-dealkylation sites (tertiary alicyclic amines) is 1. The third-order valence-corrected chi connectivity index (χ3v) is 4.24. The number of pyridine rings is 1. The molecular weight excluding hydrogens is 254 g/mol. The van der Waals surface area contributed by atoms with E-state index in [1.165, 1.54) is 0 Å². The summed E-state index contributed by atoms with van der Waals surface area (Å²) in [5, 5.41) is 0. The van der Waals surface area contributed by atoms with Gasteiger partial charge in [0.15, 0.2) is 0 Å². The summed E-state index contributed by atoms with van der Waals surface area (Å²) in [7, 11) is 3.41. The minimum atomic E-state index is 0.193. The van der Waals surface area contributed by atoms with E-state index in [1.807, 2.05) is 18.3 Å². The van der Waals surface area contributed by atoms with Gasteiger partial charge in [-0.1, -0.05) is 13.0 Å². The second kappa shape index (κ2) is 7.02. The quantitative estimate of drug-likeness (QED) is 0.884. The minimum Gasteiger partial charge on any atom is -0.481 e. The molecule has 0 aromatic carbocycles. The van der Waals surface area contributed by atoms with Gasteiger partial charge in [-0.3, -0.25) is 4.90 Å². The highest BCUT2D eigenvalue weighted by Gasteiger charge is 2.30. The highest BCUT2D eigenvalue weighted by molar-refractivity contribution is 5.21. The molecule has 1 saturated heterocycles. The minimum absolute atomic E-state index is 0.193. The smallest absolute Gasteiger partial charge is 0.212 e. The summed E-state index contributed by atoms with van der Waals surface area (Å²) in [4.78, 5) is 6.68. The highest BCUT2D eigenvalue weighted by Crippen LogP contribution is 2.27. The van der Waals surface area contributed by atoms with E-state index < -0.39 is 0 Å². The van der Waals surface area contributed by atoms with Gasteiger partial charge in [0, 0.05) is 38.5 Å².